The van der Waals surface area contributed by atoms with E-state index in [1.807, 2.05) is 0 Å². The molecule has 0 aliphatic rings. The SMILES string of the molecule is Cn1cnnc1CCNS(=O)(=O)c1cccnc1C(N)=S. The summed E-state index contributed by atoms with van der Waals surface area (Å²) >= 11 is 4.81. The number of sulfonamides is 1. The quantitative estimate of drug-likeness (QED) is 0.679. The molecule has 8 nitrogen and oxygen atoms in total. The standard InChI is InChI=1S/C11H14N6O2S2/c1-17-7-14-16-9(17)4-6-15-21(18,19)8-3-2-5-13-10(8)11(12)20/h2-3,5,7,15H,4,6H2,1H3,(H2,12,20). The van der Waals surface area contributed by atoms with Gasteiger partial charge in [0, 0.05) is 26.2 Å². The normalized spacial score (nSPS) is 11.5. The number of nitrogens with two attached hydrogens (primary N) is 1. The molecule has 2 heterocycles. The van der Waals surface area contributed by atoms with Crippen LogP contribution in [0.5, 0.6) is 0 Å². The van der Waals surface area contributed by atoms with Gasteiger partial charge in [0.15, 0.2) is 0 Å². The van der Waals surface area contributed by atoms with Gasteiger partial charge >= 0.3 is 0 Å². The Bertz CT molecular complexity index is 756. The van der Waals surface area contributed by atoms with Gasteiger partial charge < -0.3 is 10.3 Å². The molecule has 10 heteroatoms. The molecule has 0 unspecified atom stereocenters. The fraction of sp³-hybridized carbons (Fsp3) is 0.273. The molecule has 0 radical (unpaired) electrons. The molecule has 0 fully saturated rings. The summed E-state index contributed by atoms with van der Waals surface area (Å²) in [5, 5.41) is 7.60. The molecule has 0 spiro atoms. The largest absolute Gasteiger partial charge is 0.388 e. The third kappa shape index (κ3) is 3.60. The van der Waals surface area contributed by atoms with Gasteiger partial charge in [-0.2, -0.15) is 0 Å². The number of rotatable bonds is 6. The second kappa shape index (κ2) is 6.24. The molecule has 112 valence electrons. The number of pyridine rings is 1. The third-order valence-electron chi connectivity index (χ3n) is 2.74. The van der Waals surface area contributed by atoms with Crippen LogP contribution in [0.2, 0.25) is 0 Å². The number of thiocarbonyl (C=S) groups is 1. The zero-order valence-corrected chi connectivity index (χ0v) is 12.9. The first-order valence-electron chi connectivity index (χ1n) is 5.99. The maximum absolute atomic E-state index is 12.3. The van der Waals surface area contributed by atoms with E-state index in [2.05, 4.69) is 19.9 Å². The summed E-state index contributed by atoms with van der Waals surface area (Å²) in [7, 11) is -1.95. The number of hydrogen-bond acceptors (Lipinski definition) is 6. The molecule has 0 bridgehead atoms. The number of hydrogen-bond donors (Lipinski definition) is 2. The van der Waals surface area contributed by atoms with E-state index in [-0.39, 0.29) is 22.1 Å². The molecule has 21 heavy (non-hydrogen) atoms. The summed E-state index contributed by atoms with van der Waals surface area (Å²) in [5.41, 5.74) is 5.57. The minimum atomic E-state index is -3.74. The monoisotopic (exact) mass is 326 g/mol. The Balaban J connectivity index is 2.12. The Kier molecular flexibility index (Phi) is 4.60. The van der Waals surface area contributed by atoms with Gasteiger partial charge in [0.2, 0.25) is 10.0 Å². The van der Waals surface area contributed by atoms with Crippen molar-refractivity contribution in [2.75, 3.05) is 6.54 Å². The summed E-state index contributed by atoms with van der Waals surface area (Å²) in [5.74, 6) is 0.679. The van der Waals surface area contributed by atoms with Crippen LogP contribution in [0.15, 0.2) is 29.6 Å². The van der Waals surface area contributed by atoms with Crippen LogP contribution in [0.25, 0.3) is 0 Å². The number of aromatic nitrogens is 4. The highest BCUT2D eigenvalue weighted by molar-refractivity contribution is 7.89. The predicted molar refractivity (Wildman–Crippen MR) is 80.0 cm³/mol. The van der Waals surface area contributed by atoms with Crippen LogP contribution in [-0.2, 0) is 23.5 Å². The fourth-order valence-corrected chi connectivity index (χ4v) is 3.13. The highest BCUT2D eigenvalue weighted by atomic mass is 32.2. The Morgan fingerprint density at radius 1 is 1.52 bits per heavy atom. The van der Waals surface area contributed by atoms with E-state index in [1.54, 1.807) is 17.9 Å². The van der Waals surface area contributed by atoms with Crippen LogP contribution in [0.1, 0.15) is 11.5 Å². The summed E-state index contributed by atoms with van der Waals surface area (Å²) in [6.45, 7) is 0.181. The van der Waals surface area contributed by atoms with Crippen molar-refractivity contribution in [1.29, 1.82) is 0 Å². The maximum Gasteiger partial charge on any atom is 0.242 e. The number of nitrogens with zero attached hydrogens (tertiary/aromatic N) is 4. The van der Waals surface area contributed by atoms with Crippen molar-refractivity contribution in [2.24, 2.45) is 12.8 Å². The van der Waals surface area contributed by atoms with Gasteiger partial charge in [-0.25, -0.2) is 13.1 Å². The van der Waals surface area contributed by atoms with Gasteiger partial charge in [0.05, 0.1) is 0 Å². The highest BCUT2D eigenvalue weighted by Gasteiger charge is 2.20. The maximum atomic E-state index is 12.3. The lowest BCUT2D eigenvalue weighted by molar-refractivity contribution is 0.579. The highest BCUT2D eigenvalue weighted by Crippen LogP contribution is 2.12. The molecule has 2 aromatic rings. The molecule has 2 rings (SSSR count). The fourth-order valence-electron chi connectivity index (χ4n) is 1.70. The lowest BCUT2D eigenvalue weighted by atomic mass is 10.3. The van der Waals surface area contributed by atoms with Crippen LogP contribution in [0.4, 0.5) is 0 Å². The number of nitrogens with one attached hydrogen (secondary N) is 1. The predicted octanol–water partition coefficient (Wildman–Crippen LogP) is -0.635. The van der Waals surface area contributed by atoms with Gasteiger partial charge in [-0.05, 0) is 12.1 Å². The minimum Gasteiger partial charge on any atom is -0.388 e. The second-order valence-electron chi connectivity index (χ2n) is 4.22. The van der Waals surface area contributed by atoms with E-state index in [0.29, 0.717) is 12.2 Å². The Morgan fingerprint density at radius 2 is 2.29 bits per heavy atom. The smallest absolute Gasteiger partial charge is 0.242 e. The summed E-state index contributed by atoms with van der Waals surface area (Å²) in [4.78, 5) is 3.81. The average molecular weight is 326 g/mol. The Labute approximate surface area is 127 Å². The van der Waals surface area contributed by atoms with Gasteiger partial charge in [0.1, 0.15) is 27.7 Å². The lowest BCUT2D eigenvalue weighted by Gasteiger charge is -2.09. The van der Waals surface area contributed by atoms with Crippen LogP contribution in [0.3, 0.4) is 0 Å². The first-order valence-corrected chi connectivity index (χ1v) is 7.88. The van der Waals surface area contributed by atoms with Crippen LogP contribution in [0, 0.1) is 0 Å². The zero-order valence-electron chi connectivity index (χ0n) is 11.2. The molecule has 0 saturated carbocycles. The summed E-state index contributed by atoms with van der Waals surface area (Å²) in [6, 6.07) is 2.92. The molecule has 3 N–H and O–H groups in total. The van der Waals surface area contributed by atoms with Gasteiger partial charge in [-0.3, -0.25) is 4.98 Å². The van der Waals surface area contributed by atoms with E-state index < -0.39 is 10.0 Å². The molecular formula is C11H14N6O2S2. The van der Waals surface area contributed by atoms with Crippen molar-refractivity contribution in [3.63, 3.8) is 0 Å². The zero-order chi connectivity index (χ0) is 15.5. The molecule has 0 aliphatic carbocycles. The molecule has 0 aliphatic heterocycles. The molecule has 0 saturated heterocycles. The average Bonchev–Trinajstić information content (AvgIpc) is 2.84. The molecule has 0 aromatic carbocycles. The summed E-state index contributed by atoms with van der Waals surface area (Å²) in [6.07, 6.45) is 3.40. The van der Waals surface area contributed by atoms with Crippen molar-refractivity contribution < 1.29 is 8.42 Å². The first kappa shape index (κ1) is 15.5. The molecule has 0 atom stereocenters. The van der Waals surface area contributed by atoms with Crippen LogP contribution in [-0.4, -0.2) is 39.7 Å². The van der Waals surface area contributed by atoms with Crippen molar-refractivity contribution in [3.8, 4) is 0 Å². The second-order valence-corrected chi connectivity index (χ2v) is 6.40. The third-order valence-corrected chi connectivity index (χ3v) is 4.43. The van der Waals surface area contributed by atoms with Crippen LogP contribution < -0.4 is 10.5 Å². The molecule has 0 amide bonds. The van der Waals surface area contributed by atoms with Gasteiger partial charge in [0.25, 0.3) is 0 Å². The van der Waals surface area contributed by atoms with E-state index in [4.69, 9.17) is 18.0 Å². The van der Waals surface area contributed by atoms with E-state index in [0.717, 1.165) is 0 Å². The van der Waals surface area contributed by atoms with Crippen molar-refractivity contribution in [1.82, 2.24) is 24.5 Å². The molecular weight excluding hydrogens is 312 g/mol. The van der Waals surface area contributed by atoms with Gasteiger partial charge in [-0.15, -0.1) is 10.2 Å². The van der Waals surface area contributed by atoms with Crippen molar-refractivity contribution in [3.05, 3.63) is 36.2 Å². The summed E-state index contributed by atoms with van der Waals surface area (Å²) < 4.78 is 28.7. The topological polar surface area (TPSA) is 116 Å². The van der Waals surface area contributed by atoms with E-state index in [9.17, 15) is 8.42 Å². The van der Waals surface area contributed by atoms with Crippen molar-refractivity contribution in [2.45, 2.75) is 11.3 Å². The van der Waals surface area contributed by atoms with Crippen molar-refractivity contribution >= 4 is 27.2 Å². The van der Waals surface area contributed by atoms with Gasteiger partial charge in [-0.1, -0.05) is 12.2 Å². The molecule has 2 aromatic heterocycles. The van der Waals surface area contributed by atoms with Crippen LogP contribution >= 0.6 is 12.2 Å². The van der Waals surface area contributed by atoms with E-state index >= 15 is 0 Å². The minimum absolute atomic E-state index is 0.0320. The number of aryl methyl sites for hydroxylation is 1. The Morgan fingerprint density at radius 3 is 2.90 bits per heavy atom. The Hall–Kier alpha value is -1.91. The van der Waals surface area contributed by atoms with E-state index in [1.165, 1.54) is 18.3 Å². The lowest BCUT2D eigenvalue weighted by Crippen LogP contribution is -2.29. The first-order chi connectivity index (χ1) is 9.92.